The third-order valence-electron chi connectivity index (χ3n) is 0.241. The van der Waals surface area contributed by atoms with E-state index in [4.69, 9.17) is 4.55 Å². The van der Waals surface area contributed by atoms with E-state index in [-0.39, 0.29) is 0 Å². The normalized spacial score (nSPS) is 17.4. The molecule has 0 saturated carbocycles. The number of hydrogen-bond donors (Lipinski definition) is 1. The molecule has 0 heterocycles. The summed E-state index contributed by atoms with van der Waals surface area (Å²) in [6, 6.07) is 0. The second kappa shape index (κ2) is 3.02. The minimum Gasteiger partial charge on any atom is -0.283 e. The van der Waals surface area contributed by atoms with Crippen LogP contribution in [0.1, 0.15) is 0 Å². The van der Waals surface area contributed by atoms with Gasteiger partial charge in [-0.25, -0.2) is 4.20 Å². The van der Waals surface area contributed by atoms with Crippen molar-refractivity contribution in [3.8, 4) is 0 Å². The van der Waals surface area contributed by atoms with E-state index in [1.807, 2.05) is 0 Å². The van der Waals surface area contributed by atoms with Crippen molar-refractivity contribution in [2.45, 2.75) is 0 Å². The van der Waals surface area contributed by atoms with Gasteiger partial charge in [-0.3, -0.25) is 4.55 Å². The predicted molar refractivity (Wildman–Crippen MR) is 33.8 cm³/mol. The van der Waals surface area contributed by atoms with Gasteiger partial charge in [0.15, 0.2) is 0 Å². The van der Waals surface area contributed by atoms with Crippen LogP contribution in [0.15, 0.2) is 0 Å². The molecule has 0 rings (SSSR count). The van der Waals surface area contributed by atoms with E-state index in [1.54, 1.807) is 0 Å². The van der Waals surface area contributed by atoms with Gasteiger partial charge < -0.3 is 0 Å². The van der Waals surface area contributed by atoms with Crippen LogP contribution >= 0.6 is 15.4 Å². The molecule has 50 valence electrons. The Kier molecular flexibility index (Phi) is 3.28. The first-order chi connectivity index (χ1) is 3.42. The monoisotopic (exact) mass is 178 g/mol. The highest BCUT2D eigenvalue weighted by molar-refractivity contribution is 8.63. The third-order valence-corrected chi connectivity index (χ3v) is 6.51. The molecule has 0 spiro atoms. The van der Waals surface area contributed by atoms with Crippen LogP contribution in [0.5, 0.6) is 0 Å². The molecule has 2 atom stereocenters. The zero-order chi connectivity index (χ0) is 6.78. The Bertz CT molecular complexity index is 151. The Labute approximate surface area is 49.7 Å². The first-order valence-corrected chi connectivity index (χ1v) is 7.25. The van der Waals surface area contributed by atoms with Crippen molar-refractivity contribution in [3.63, 3.8) is 0 Å². The Morgan fingerprint density at radius 2 is 2.12 bits per heavy atom. The lowest BCUT2D eigenvalue weighted by Crippen LogP contribution is -1.82. The van der Waals surface area contributed by atoms with Crippen molar-refractivity contribution >= 4 is 25.1 Å². The summed E-state index contributed by atoms with van der Waals surface area (Å²) in [5.74, 6) is 0. The first kappa shape index (κ1) is 8.70. The Morgan fingerprint density at radius 3 is 2.12 bits per heavy atom. The van der Waals surface area contributed by atoms with Gasteiger partial charge in [-0.05, 0) is 6.66 Å². The molecule has 0 amide bonds. The van der Waals surface area contributed by atoms with E-state index in [9.17, 15) is 12.6 Å². The van der Waals surface area contributed by atoms with Gasteiger partial charge in [0.25, 0.3) is 9.74 Å². The third kappa shape index (κ3) is 6.70. The van der Waals surface area contributed by atoms with Crippen LogP contribution < -0.4 is 0 Å². The lowest BCUT2D eigenvalue weighted by molar-refractivity contribution is 0.502. The SMILES string of the molecule is CP(F)PS(=O)(=O)O. The van der Waals surface area contributed by atoms with Crippen molar-refractivity contribution in [2.75, 3.05) is 6.66 Å². The summed E-state index contributed by atoms with van der Waals surface area (Å²) in [6.07, 6.45) is 0. The Hall–Kier alpha value is 0.700. The summed E-state index contributed by atoms with van der Waals surface area (Å²) in [5, 5.41) is 0. The fourth-order valence-corrected chi connectivity index (χ4v) is 4.29. The predicted octanol–water partition coefficient (Wildman–Crippen LogP) is 1.38. The van der Waals surface area contributed by atoms with Crippen molar-refractivity contribution in [1.29, 1.82) is 0 Å². The van der Waals surface area contributed by atoms with Crippen LogP contribution in [0.4, 0.5) is 4.20 Å². The molecule has 0 aromatic heterocycles. The molecule has 2 unspecified atom stereocenters. The minimum absolute atomic E-state index is 0.976. The molecule has 0 saturated heterocycles. The molecule has 0 aliphatic carbocycles. The molecule has 0 radical (unpaired) electrons. The maximum atomic E-state index is 11.7. The number of rotatable bonds is 2. The second-order valence-electron chi connectivity index (χ2n) is 1.04. The molecule has 7 heteroatoms. The van der Waals surface area contributed by atoms with Gasteiger partial charge in [0.1, 0.15) is 7.92 Å². The Morgan fingerprint density at radius 1 is 1.75 bits per heavy atom. The number of hydrogen-bond acceptors (Lipinski definition) is 2. The summed E-state index contributed by atoms with van der Waals surface area (Å²) in [5.41, 5.74) is 0. The zero-order valence-corrected chi connectivity index (χ0v) is 6.71. The number of halogens is 1. The van der Waals surface area contributed by atoms with E-state index < -0.39 is 25.1 Å². The van der Waals surface area contributed by atoms with Crippen LogP contribution in [-0.2, 0) is 9.74 Å². The first-order valence-electron chi connectivity index (χ1n) is 1.56. The summed E-state index contributed by atoms with van der Waals surface area (Å²) in [7, 11) is -7.02. The fourth-order valence-electron chi connectivity index (χ4n) is 0.159. The quantitative estimate of drug-likeness (QED) is 0.513. The lowest BCUT2D eigenvalue weighted by Gasteiger charge is -1.93. The molecule has 0 bridgehead atoms. The average molecular weight is 178 g/mol. The van der Waals surface area contributed by atoms with Crippen molar-refractivity contribution in [1.82, 2.24) is 0 Å². The molecule has 3 nitrogen and oxygen atoms in total. The fraction of sp³-hybridized carbons (Fsp3) is 1.00. The van der Waals surface area contributed by atoms with Gasteiger partial charge in [0.05, 0.1) is 7.47 Å². The molecule has 0 aromatic carbocycles. The van der Waals surface area contributed by atoms with Crippen molar-refractivity contribution < 1.29 is 17.2 Å². The van der Waals surface area contributed by atoms with Crippen LogP contribution in [0.3, 0.4) is 0 Å². The van der Waals surface area contributed by atoms with E-state index >= 15 is 0 Å². The highest BCUT2D eigenvalue weighted by atomic mass is 32.9. The molecular formula is CH5FO3P2S. The lowest BCUT2D eigenvalue weighted by atomic mass is 12.0. The van der Waals surface area contributed by atoms with Gasteiger partial charge in [-0.2, -0.15) is 8.42 Å². The average Bonchev–Trinajstić information content (AvgIpc) is 1.21. The van der Waals surface area contributed by atoms with E-state index in [0.29, 0.717) is 0 Å². The van der Waals surface area contributed by atoms with Gasteiger partial charge in [-0.15, -0.1) is 0 Å². The molecule has 1 N–H and O–H groups in total. The Balaban J connectivity index is 3.75. The second-order valence-corrected chi connectivity index (χ2v) is 8.72. The van der Waals surface area contributed by atoms with Crippen molar-refractivity contribution in [3.05, 3.63) is 0 Å². The zero-order valence-electron chi connectivity index (χ0n) is 4.00. The summed E-state index contributed by atoms with van der Waals surface area (Å²) >= 11 is 0. The molecule has 8 heavy (non-hydrogen) atoms. The van der Waals surface area contributed by atoms with E-state index in [0.717, 1.165) is 6.66 Å². The molecular weight excluding hydrogens is 173 g/mol. The van der Waals surface area contributed by atoms with Gasteiger partial charge >= 0.3 is 0 Å². The van der Waals surface area contributed by atoms with Crippen molar-refractivity contribution in [2.24, 2.45) is 0 Å². The van der Waals surface area contributed by atoms with Crippen LogP contribution in [0.2, 0.25) is 0 Å². The minimum atomic E-state index is -4.04. The summed E-state index contributed by atoms with van der Waals surface area (Å²) in [6.45, 7) is 1.14. The molecule has 0 aromatic rings. The van der Waals surface area contributed by atoms with E-state index in [2.05, 4.69) is 0 Å². The van der Waals surface area contributed by atoms with Gasteiger partial charge in [0.2, 0.25) is 0 Å². The van der Waals surface area contributed by atoms with Crippen LogP contribution in [0, 0.1) is 0 Å². The van der Waals surface area contributed by atoms with E-state index in [1.165, 1.54) is 0 Å². The smallest absolute Gasteiger partial charge is 0.283 e. The molecule has 0 aliphatic heterocycles. The molecule has 0 fully saturated rings. The largest absolute Gasteiger partial charge is 0.284 e. The summed E-state index contributed by atoms with van der Waals surface area (Å²) < 4.78 is 39.3. The van der Waals surface area contributed by atoms with Crippen LogP contribution in [-0.4, -0.2) is 19.6 Å². The highest BCUT2D eigenvalue weighted by Crippen LogP contribution is 2.56. The maximum absolute atomic E-state index is 11.7. The van der Waals surface area contributed by atoms with Gasteiger partial charge in [0, 0.05) is 0 Å². The highest BCUT2D eigenvalue weighted by Gasteiger charge is 2.09. The maximum Gasteiger partial charge on any atom is 0.284 e. The summed E-state index contributed by atoms with van der Waals surface area (Å²) in [4.78, 5) is 0. The van der Waals surface area contributed by atoms with Gasteiger partial charge in [-0.1, -0.05) is 0 Å². The topological polar surface area (TPSA) is 54.4 Å². The molecule has 0 aliphatic rings. The van der Waals surface area contributed by atoms with Crippen LogP contribution in [0.25, 0.3) is 0 Å². The standard InChI is InChI=1S/CH5FO3P2S/c1-7(2)6-8(3,4)5/h6H,1H3,(H,3,4,5).